The molecule has 4 aromatic rings. The number of halogens is 2. The molecule has 0 aliphatic carbocycles. The summed E-state index contributed by atoms with van der Waals surface area (Å²) in [6.45, 7) is 3.93. The lowest BCUT2D eigenvalue weighted by atomic mass is 10.1. The van der Waals surface area contributed by atoms with E-state index in [2.05, 4.69) is 26.3 Å². The summed E-state index contributed by atoms with van der Waals surface area (Å²) in [4.78, 5) is 16.8. The van der Waals surface area contributed by atoms with E-state index < -0.39 is 6.03 Å². The SMILES string of the molecule is Cc1cc(NNC(=O)Nc2cc(-c3ccc(Cl)cc3)c(Cl)s2)nc2c1c(C)nn2C. The van der Waals surface area contributed by atoms with Crippen molar-refractivity contribution in [3.63, 3.8) is 0 Å². The molecule has 0 radical (unpaired) electrons. The summed E-state index contributed by atoms with van der Waals surface area (Å²) < 4.78 is 2.30. The number of hydrogen-bond donors (Lipinski definition) is 3. The zero-order chi connectivity index (χ0) is 21.4. The normalized spacial score (nSPS) is 11.0. The second kappa shape index (κ2) is 8.14. The number of urea groups is 1. The third-order valence-corrected chi connectivity index (χ3v) is 6.07. The Morgan fingerprint density at radius 1 is 1.13 bits per heavy atom. The first-order valence-corrected chi connectivity index (χ1v) is 10.6. The molecule has 3 aromatic heterocycles. The fourth-order valence-electron chi connectivity index (χ4n) is 3.24. The average Bonchev–Trinajstić information content (AvgIpc) is 3.20. The Kier molecular flexibility index (Phi) is 5.55. The van der Waals surface area contributed by atoms with E-state index in [1.165, 1.54) is 11.3 Å². The van der Waals surface area contributed by atoms with E-state index in [4.69, 9.17) is 23.2 Å². The topological polar surface area (TPSA) is 83.9 Å². The van der Waals surface area contributed by atoms with Gasteiger partial charge < -0.3 is 0 Å². The van der Waals surface area contributed by atoms with E-state index in [0.29, 0.717) is 20.2 Å². The first-order valence-electron chi connectivity index (χ1n) is 9.01. The lowest BCUT2D eigenvalue weighted by Crippen LogP contribution is -2.33. The maximum absolute atomic E-state index is 12.3. The third-order valence-electron chi connectivity index (χ3n) is 4.55. The molecule has 3 heterocycles. The largest absolute Gasteiger partial charge is 0.338 e. The van der Waals surface area contributed by atoms with Crippen LogP contribution in [0.25, 0.3) is 22.2 Å². The molecule has 0 saturated carbocycles. The molecule has 0 spiro atoms. The third kappa shape index (κ3) is 4.07. The number of benzene rings is 1. The number of carbonyl (C=O) groups is 1. The molecule has 154 valence electrons. The zero-order valence-electron chi connectivity index (χ0n) is 16.4. The summed E-state index contributed by atoms with van der Waals surface area (Å²) >= 11 is 13.6. The number of carbonyl (C=O) groups excluding carboxylic acids is 1. The summed E-state index contributed by atoms with van der Waals surface area (Å²) in [5.74, 6) is 0.518. The van der Waals surface area contributed by atoms with E-state index in [-0.39, 0.29) is 0 Å². The van der Waals surface area contributed by atoms with Gasteiger partial charge in [-0.05, 0) is 49.2 Å². The van der Waals surface area contributed by atoms with Crippen molar-refractivity contribution < 1.29 is 4.79 Å². The lowest BCUT2D eigenvalue weighted by Gasteiger charge is -2.09. The van der Waals surface area contributed by atoms with Gasteiger partial charge in [-0.1, -0.05) is 35.3 Å². The molecule has 0 aliphatic heterocycles. The fourth-order valence-corrected chi connectivity index (χ4v) is 4.58. The van der Waals surface area contributed by atoms with Gasteiger partial charge in [-0.3, -0.25) is 20.9 Å². The Morgan fingerprint density at radius 3 is 2.60 bits per heavy atom. The molecule has 0 saturated heterocycles. The van der Waals surface area contributed by atoms with Crippen LogP contribution in [0, 0.1) is 13.8 Å². The summed E-state index contributed by atoms with van der Waals surface area (Å²) in [5, 5.41) is 9.44. The van der Waals surface area contributed by atoms with Gasteiger partial charge in [0.25, 0.3) is 0 Å². The number of rotatable bonds is 4. The highest BCUT2D eigenvalue weighted by Crippen LogP contribution is 2.38. The number of nitrogens with zero attached hydrogens (tertiary/aromatic N) is 3. The van der Waals surface area contributed by atoms with Crippen LogP contribution in [0.1, 0.15) is 11.3 Å². The molecule has 0 bridgehead atoms. The number of amides is 2. The Balaban J connectivity index is 1.44. The number of hydrogen-bond acceptors (Lipinski definition) is 5. The van der Waals surface area contributed by atoms with Gasteiger partial charge in [0.1, 0.15) is 10.2 Å². The number of anilines is 2. The van der Waals surface area contributed by atoms with Gasteiger partial charge >= 0.3 is 6.03 Å². The van der Waals surface area contributed by atoms with Gasteiger partial charge in [0.15, 0.2) is 5.65 Å². The van der Waals surface area contributed by atoms with Gasteiger partial charge in [0, 0.05) is 23.0 Å². The van der Waals surface area contributed by atoms with Crippen molar-refractivity contribution in [2.45, 2.75) is 13.8 Å². The highest BCUT2D eigenvalue weighted by Gasteiger charge is 2.13. The molecule has 0 fully saturated rings. The Hall–Kier alpha value is -2.81. The molecule has 0 unspecified atom stereocenters. The number of aryl methyl sites for hydroxylation is 3. The van der Waals surface area contributed by atoms with Crippen LogP contribution in [0.5, 0.6) is 0 Å². The van der Waals surface area contributed by atoms with Crippen molar-refractivity contribution in [2.75, 3.05) is 10.7 Å². The smallest absolute Gasteiger partial charge is 0.298 e. The molecule has 10 heteroatoms. The zero-order valence-corrected chi connectivity index (χ0v) is 18.7. The van der Waals surface area contributed by atoms with Gasteiger partial charge in [-0.15, -0.1) is 11.3 Å². The minimum absolute atomic E-state index is 0.434. The Bertz CT molecular complexity index is 1250. The molecule has 7 nitrogen and oxygen atoms in total. The highest BCUT2D eigenvalue weighted by molar-refractivity contribution is 7.20. The molecule has 2 amide bonds. The quantitative estimate of drug-likeness (QED) is 0.337. The van der Waals surface area contributed by atoms with Crippen LogP contribution < -0.4 is 16.2 Å². The summed E-state index contributed by atoms with van der Waals surface area (Å²) in [6, 6.07) is 10.6. The van der Waals surface area contributed by atoms with Crippen LogP contribution in [-0.2, 0) is 7.05 Å². The molecule has 4 rings (SSSR count). The number of hydrazine groups is 1. The van der Waals surface area contributed by atoms with Crippen molar-refractivity contribution >= 4 is 62.4 Å². The van der Waals surface area contributed by atoms with Crippen LogP contribution in [-0.4, -0.2) is 20.8 Å². The van der Waals surface area contributed by atoms with Crippen molar-refractivity contribution in [1.29, 1.82) is 0 Å². The number of thiophene rings is 1. The van der Waals surface area contributed by atoms with Crippen molar-refractivity contribution in [3.8, 4) is 11.1 Å². The van der Waals surface area contributed by atoms with Gasteiger partial charge in [-0.2, -0.15) is 5.10 Å². The monoisotopic (exact) mass is 460 g/mol. The van der Waals surface area contributed by atoms with Gasteiger partial charge in [0.05, 0.1) is 10.7 Å². The van der Waals surface area contributed by atoms with Crippen LogP contribution >= 0.6 is 34.5 Å². The van der Waals surface area contributed by atoms with Gasteiger partial charge in [-0.25, -0.2) is 9.78 Å². The van der Waals surface area contributed by atoms with Crippen molar-refractivity contribution in [2.24, 2.45) is 7.05 Å². The lowest BCUT2D eigenvalue weighted by molar-refractivity contribution is 0.254. The minimum atomic E-state index is -0.434. The maximum Gasteiger partial charge on any atom is 0.338 e. The number of fused-ring (bicyclic) bond motifs is 1. The first kappa shape index (κ1) is 20.5. The molecule has 0 aliphatic rings. The van der Waals surface area contributed by atoms with Gasteiger partial charge in [0.2, 0.25) is 0 Å². The predicted molar refractivity (Wildman–Crippen MR) is 124 cm³/mol. The van der Waals surface area contributed by atoms with E-state index >= 15 is 0 Å². The fraction of sp³-hybridized carbons (Fsp3) is 0.150. The molecule has 30 heavy (non-hydrogen) atoms. The molecule has 1 aromatic carbocycles. The van der Waals surface area contributed by atoms with E-state index in [1.54, 1.807) is 16.8 Å². The average molecular weight is 461 g/mol. The summed E-state index contributed by atoms with van der Waals surface area (Å²) in [7, 11) is 1.84. The van der Waals surface area contributed by atoms with Crippen LogP contribution in [0.15, 0.2) is 36.4 Å². The number of aromatic nitrogens is 3. The second-order valence-electron chi connectivity index (χ2n) is 6.74. The number of nitrogens with one attached hydrogen (secondary N) is 3. The maximum atomic E-state index is 12.3. The molecule has 0 atom stereocenters. The van der Waals surface area contributed by atoms with Crippen LogP contribution in [0.2, 0.25) is 9.36 Å². The summed E-state index contributed by atoms with van der Waals surface area (Å²) in [5.41, 5.74) is 9.87. The predicted octanol–water partition coefficient (Wildman–Crippen LogP) is 5.77. The number of pyridine rings is 1. The Labute approximate surface area is 187 Å². The summed E-state index contributed by atoms with van der Waals surface area (Å²) in [6.07, 6.45) is 0. The van der Waals surface area contributed by atoms with Crippen molar-refractivity contribution in [1.82, 2.24) is 20.2 Å². The van der Waals surface area contributed by atoms with Crippen LogP contribution in [0.4, 0.5) is 15.6 Å². The van der Waals surface area contributed by atoms with Crippen molar-refractivity contribution in [3.05, 3.63) is 57.0 Å². The van der Waals surface area contributed by atoms with E-state index in [0.717, 1.165) is 33.4 Å². The molecule has 3 N–H and O–H groups in total. The van der Waals surface area contributed by atoms with E-state index in [9.17, 15) is 4.79 Å². The Morgan fingerprint density at radius 2 is 1.87 bits per heavy atom. The molecular weight excluding hydrogens is 443 g/mol. The first-order chi connectivity index (χ1) is 14.3. The minimum Gasteiger partial charge on any atom is -0.298 e. The standard InChI is InChI=1S/C20H18Cl2N6OS/c1-10-8-15(23-19-17(10)11(2)27-28(19)3)25-26-20(29)24-16-9-14(18(22)30-16)12-4-6-13(21)7-5-12/h4-9H,1-3H3,(H,23,25)(H2,24,26,29). The highest BCUT2D eigenvalue weighted by atomic mass is 35.5. The van der Waals surface area contributed by atoms with Crippen LogP contribution in [0.3, 0.4) is 0 Å². The van der Waals surface area contributed by atoms with E-state index in [1.807, 2.05) is 45.2 Å². The second-order valence-corrected chi connectivity index (χ2v) is 8.83. The molecular formula is C20H18Cl2N6OS.